The number of Topliss-reactive ketones (excluding diaryl/α,β-unsaturated/α-hetero) is 2. The Kier molecular flexibility index (Phi) is 4.58. The Hall–Kier alpha value is -2.14. The average Bonchev–Trinajstić information content (AvgIpc) is 3.09. The van der Waals surface area contributed by atoms with Crippen LogP contribution < -0.4 is 4.74 Å². The summed E-state index contributed by atoms with van der Waals surface area (Å²) < 4.78 is 10.4. The predicted octanol–water partition coefficient (Wildman–Crippen LogP) is 4.35. The molecule has 6 heteroatoms. The third-order valence-corrected chi connectivity index (χ3v) is 6.38. The number of hydrogen-bond donors (Lipinski definition) is 0. The molecule has 2 bridgehead atoms. The molecule has 0 amide bonds. The summed E-state index contributed by atoms with van der Waals surface area (Å²) in [6.07, 6.45) is 7.45. The minimum Gasteiger partial charge on any atom is -0.486 e. The summed E-state index contributed by atoms with van der Waals surface area (Å²) in [5.74, 6) is 1.06. The lowest BCUT2D eigenvalue weighted by Gasteiger charge is -2.70. The molecule has 2 aromatic rings. The molecule has 0 N–H and O–H groups in total. The maximum Gasteiger partial charge on any atom is 0.170 e. The lowest BCUT2D eigenvalue weighted by atomic mass is 9.33. The first kappa shape index (κ1) is 18.2. The number of ether oxygens (including phenoxy) is 1. The SMILES string of the molecule is Cc1cc(OCC(=O)CC23CC(C(=O)CCc4cnoc4)(C2)C3)ccc1Cl. The summed E-state index contributed by atoms with van der Waals surface area (Å²) >= 11 is 5.99. The number of aromatic nitrogens is 1. The van der Waals surface area contributed by atoms with Crippen LogP contribution in [0.4, 0.5) is 0 Å². The van der Waals surface area contributed by atoms with Crippen LogP contribution in [0.1, 0.15) is 43.2 Å². The van der Waals surface area contributed by atoms with Gasteiger partial charge >= 0.3 is 0 Å². The van der Waals surface area contributed by atoms with E-state index < -0.39 is 0 Å². The Labute approximate surface area is 163 Å². The van der Waals surface area contributed by atoms with Gasteiger partial charge in [0.25, 0.3) is 0 Å². The lowest BCUT2D eigenvalue weighted by molar-refractivity contribution is -0.208. The minimum absolute atomic E-state index is 0.0310. The van der Waals surface area contributed by atoms with Crippen LogP contribution in [0, 0.1) is 17.8 Å². The van der Waals surface area contributed by atoms with Gasteiger partial charge in [-0.3, -0.25) is 9.59 Å². The Morgan fingerprint density at radius 2 is 2.07 bits per heavy atom. The summed E-state index contributed by atoms with van der Waals surface area (Å²) in [5.41, 5.74) is 1.73. The molecular weight excluding hydrogens is 366 g/mol. The van der Waals surface area contributed by atoms with Crippen molar-refractivity contribution in [3.63, 3.8) is 0 Å². The van der Waals surface area contributed by atoms with Gasteiger partial charge in [-0.05, 0) is 61.8 Å². The quantitative estimate of drug-likeness (QED) is 0.639. The van der Waals surface area contributed by atoms with E-state index in [4.69, 9.17) is 20.9 Å². The second-order valence-electron chi connectivity index (χ2n) is 8.18. The topological polar surface area (TPSA) is 69.4 Å². The van der Waals surface area contributed by atoms with Gasteiger partial charge in [-0.25, -0.2) is 0 Å². The summed E-state index contributed by atoms with van der Waals surface area (Å²) in [6.45, 7) is 1.97. The summed E-state index contributed by atoms with van der Waals surface area (Å²) in [4.78, 5) is 24.8. The van der Waals surface area contributed by atoms with Crippen molar-refractivity contribution in [1.82, 2.24) is 5.16 Å². The summed E-state index contributed by atoms with van der Waals surface area (Å²) in [5, 5.41) is 4.34. The van der Waals surface area contributed by atoms with Gasteiger partial charge in [-0.15, -0.1) is 0 Å². The van der Waals surface area contributed by atoms with Crippen LogP contribution in [0.3, 0.4) is 0 Å². The van der Waals surface area contributed by atoms with Crippen LogP contribution in [-0.4, -0.2) is 23.3 Å². The number of ketones is 2. The molecule has 3 aliphatic rings. The van der Waals surface area contributed by atoms with Crippen molar-refractivity contribution >= 4 is 23.2 Å². The highest BCUT2D eigenvalue weighted by Crippen LogP contribution is 2.75. The van der Waals surface area contributed by atoms with Gasteiger partial charge in [0.2, 0.25) is 0 Å². The lowest BCUT2D eigenvalue weighted by Crippen LogP contribution is -2.65. The molecule has 27 heavy (non-hydrogen) atoms. The number of nitrogens with zero attached hydrogens (tertiary/aromatic N) is 1. The monoisotopic (exact) mass is 387 g/mol. The van der Waals surface area contributed by atoms with E-state index in [0.29, 0.717) is 35.8 Å². The maximum absolute atomic E-state index is 12.5. The molecule has 1 aromatic heterocycles. The molecule has 0 radical (unpaired) electrons. The normalized spacial score (nSPS) is 25.4. The van der Waals surface area contributed by atoms with E-state index in [1.165, 1.54) is 0 Å². The van der Waals surface area contributed by atoms with Gasteiger partial charge < -0.3 is 9.26 Å². The second kappa shape index (κ2) is 6.79. The highest BCUT2D eigenvalue weighted by Gasteiger charge is 2.70. The molecule has 0 saturated heterocycles. The van der Waals surface area contributed by atoms with Crippen LogP contribution in [0.15, 0.2) is 35.2 Å². The molecule has 3 aliphatic carbocycles. The van der Waals surface area contributed by atoms with E-state index in [1.54, 1.807) is 24.6 Å². The smallest absolute Gasteiger partial charge is 0.170 e. The molecule has 1 heterocycles. The number of aryl methyl sites for hydroxylation is 2. The second-order valence-corrected chi connectivity index (χ2v) is 8.59. The fourth-order valence-corrected chi connectivity index (χ4v) is 4.81. The maximum atomic E-state index is 12.5. The van der Waals surface area contributed by atoms with Crippen LogP contribution >= 0.6 is 11.6 Å². The molecule has 0 spiro atoms. The zero-order chi connectivity index (χ0) is 19.1. The number of hydrogen-bond acceptors (Lipinski definition) is 5. The van der Waals surface area contributed by atoms with Gasteiger partial charge in [0.15, 0.2) is 5.78 Å². The zero-order valence-corrected chi connectivity index (χ0v) is 16.1. The first-order chi connectivity index (χ1) is 12.9. The fraction of sp³-hybridized carbons (Fsp3) is 0.476. The van der Waals surface area contributed by atoms with Crippen molar-refractivity contribution in [2.75, 3.05) is 6.61 Å². The highest BCUT2D eigenvalue weighted by atomic mass is 35.5. The van der Waals surface area contributed by atoms with Crippen molar-refractivity contribution in [2.45, 2.75) is 45.4 Å². The molecule has 0 aliphatic heterocycles. The molecule has 1 aromatic carbocycles. The number of carbonyl (C=O) groups excluding carboxylic acids is 2. The van der Waals surface area contributed by atoms with Gasteiger partial charge in [-0.2, -0.15) is 0 Å². The van der Waals surface area contributed by atoms with Crippen molar-refractivity contribution in [3.05, 3.63) is 46.8 Å². The summed E-state index contributed by atoms with van der Waals surface area (Å²) in [6, 6.07) is 5.37. The third kappa shape index (κ3) is 3.53. The molecule has 0 unspecified atom stereocenters. The van der Waals surface area contributed by atoms with Crippen LogP contribution in [0.2, 0.25) is 5.02 Å². The molecule has 0 atom stereocenters. The number of halogens is 1. The fourth-order valence-electron chi connectivity index (χ4n) is 4.69. The first-order valence-electron chi connectivity index (χ1n) is 9.22. The predicted molar refractivity (Wildman–Crippen MR) is 99.9 cm³/mol. The van der Waals surface area contributed by atoms with E-state index in [9.17, 15) is 9.59 Å². The highest BCUT2D eigenvalue weighted by molar-refractivity contribution is 6.31. The van der Waals surface area contributed by atoms with Crippen LogP contribution in [-0.2, 0) is 16.0 Å². The van der Waals surface area contributed by atoms with Crippen molar-refractivity contribution in [3.8, 4) is 5.75 Å². The number of benzene rings is 1. The van der Waals surface area contributed by atoms with Crippen LogP contribution in [0.25, 0.3) is 0 Å². The number of rotatable bonds is 9. The van der Waals surface area contributed by atoms with E-state index in [-0.39, 0.29) is 23.2 Å². The Morgan fingerprint density at radius 3 is 2.74 bits per heavy atom. The number of carbonyl (C=O) groups is 2. The summed E-state index contributed by atoms with van der Waals surface area (Å²) in [7, 11) is 0. The molecule has 5 rings (SSSR count). The third-order valence-electron chi connectivity index (χ3n) is 5.96. The Balaban J connectivity index is 1.21. The molecule has 142 valence electrons. The molecule has 3 saturated carbocycles. The molecule has 3 fully saturated rings. The van der Waals surface area contributed by atoms with Crippen LogP contribution in [0.5, 0.6) is 5.75 Å². The standard InChI is InChI=1S/C21H22ClNO4/c1-14-6-17(3-4-18(14)22)26-10-16(24)7-20-11-21(12-20,13-20)19(25)5-2-15-8-23-27-9-15/h3-4,6,8-9H,2,5,7,10-13H2,1H3. The van der Waals surface area contributed by atoms with Crippen molar-refractivity contribution < 1.29 is 18.8 Å². The van der Waals surface area contributed by atoms with E-state index >= 15 is 0 Å². The largest absolute Gasteiger partial charge is 0.486 e. The van der Waals surface area contributed by atoms with E-state index in [1.807, 2.05) is 13.0 Å². The average molecular weight is 388 g/mol. The van der Waals surface area contributed by atoms with Gasteiger partial charge in [0.1, 0.15) is 24.4 Å². The van der Waals surface area contributed by atoms with Crippen molar-refractivity contribution in [1.29, 1.82) is 0 Å². The van der Waals surface area contributed by atoms with Gasteiger partial charge in [0, 0.05) is 28.8 Å². The molecular formula is C21H22ClNO4. The van der Waals surface area contributed by atoms with E-state index in [2.05, 4.69) is 5.16 Å². The van der Waals surface area contributed by atoms with E-state index in [0.717, 1.165) is 30.4 Å². The Bertz CT molecular complexity index is 855. The van der Waals surface area contributed by atoms with Gasteiger partial charge in [-0.1, -0.05) is 16.8 Å². The molecule has 5 nitrogen and oxygen atoms in total. The zero-order valence-electron chi connectivity index (χ0n) is 15.3. The first-order valence-corrected chi connectivity index (χ1v) is 9.60. The Morgan fingerprint density at radius 1 is 1.30 bits per heavy atom. The van der Waals surface area contributed by atoms with Crippen molar-refractivity contribution in [2.24, 2.45) is 10.8 Å². The van der Waals surface area contributed by atoms with Gasteiger partial charge in [0.05, 0.1) is 6.20 Å². The minimum atomic E-state index is -0.175.